The van der Waals surface area contributed by atoms with Crippen LogP contribution in [0.1, 0.15) is 11.3 Å². The number of rotatable bonds is 4. The third-order valence-corrected chi connectivity index (χ3v) is 4.57. The monoisotopic (exact) mass is 295 g/mol. The smallest absolute Gasteiger partial charge is 0.220 e. The van der Waals surface area contributed by atoms with Crippen LogP contribution in [0.3, 0.4) is 0 Å². The Kier molecular flexibility index (Phi) is 4.06. The second-order valence-corrected chi connectivity index (χ2v) is 6.05. The molecule has 3 aromatic rings. The molecule has 21 heavy (non-hydrogen) atoms. The number of para-hydroxylation sites is 1. The number of nitrogen functional groups attached to an aromatic ring is 1. The van der Waals surface area contributed by atoms with Gasteiger partial charge in [0.25, 0.3) is 0 Å². The van der Waals surface area contributed by atoms with Crippen LogP contribution >= 0.6 is 11.8 Å². The van der Waals surface area contributed by atoms with Crippen LogP contribution in [0.2, 0.25) is 0 Å². The van der Waals surface area contributed by atoms with E-state index in [0.717, 1.165) is 28.8 Å². The van der Waals surface area contributed by atoms with E-state index in [0.29, 0.717) is 5.95 Å². The number of thioether (sulfide) groups is 1. The molecule has 0 saturated carbocycles. The van der Waals surface area contributed by atoms with Gasteiger partial charge in [-0.2, -0.15) is 0 Å². The van der Waals surface area contributed by atoms with E-state index in [2.05, 4.69) is 47.2 Å². The average Bonchev–Trinajstić information content (AvgIpc) is 2.49. The van der Waals surface area contributed by atoms with Crippen LogP contribution < -0.4 is 5.73 Å². The van der Waals surface area contributed by atoms with Crippen molar-refractivity contribution in [2.45, 2.75) is 18.2 Å². The minimum Gasteiger partial charge on any atom is -0.368 e. The van der Waals surface area contributed by atoms with Gasteiger partial charge in [0.15, 0.2) is 0 Å². The van der Waals surface area contributed by atoms with Crippen molar-refractivity contribution >= 4 is 28.6 Å². The van der Waals surface area contributed by atoms with Crippen LogP contribution in [0, 0.1) is 6.92 Å². The molecule has 0 aliphatic rings. The van der Waals surface area contributed by atoms with Gasteiger partial charge in [0.05, 0.1) is 11.2 Å². The van der Waals surface area contributed by atoms with Crippen molar-refractivity contribution in [3.05, 3.63) is 59.8 Å². The highest BCUT2D eigenvalue weighted by Gasteiger charge is 2.06. The summed E-state index contributed by atoms with van der Waals surface area (Å²) in [5.41, 5.74) is 9.06. The first kappa shape index (κ1) is 13.9. The van der Waals surface area contributed by atoms with Crippen LogP contribution in [-0.4, -0.2) is 15.7 Å². The van der Waals surface area contributed by atoms with Crippen molar-refractivity contribution in [3.63, 3.8) is 0 Å². The maximum absolute atomic E-state index is 5.80. The topological polar surface area (TPSA) is 51.8 Å². The molecule has 106 valence electrons. The third-order valence-electron chi connectivity index (χ3n) is 3.39. The van der Waals surface area contributed by atoms with Gasteiger partial charge in [-0.25, -0.2) is 9.97 Å². The molecule has 3 rings (SSSR count). The third kappa shape index (κ3) is 3.16. The number of fused-ring (bicyclic) bond motifs is 1. The van der Waals surface area contributed by atoms with Crippen molar-refractivity contribution in [3.8, 4) is 0 Å². The van der Waals surface area contributed by atoms with Crippen LogP contribution in [0.5, 0.6) is 0 Å². The summed E-state index contributed by atoms with van der Waals surface area (Å²) in [6.45, 7) is 2.14. The molecule has 0 aliphatic carbocycles. The van der Waals surface area contributed by atoms with E-state index >= 15 is 0 Å². The Morgan fingerprint density at radius 1 is 1.00 bits per heavy atom. The van der Waals surface area contributed by atoms with Gasteiger partial charge < -0.3 is 5.73 Å². The number of aryl methyl sites for hydroxylation is 2. The van der Waals surface area contributed by atoms with Gasteiger partial charge in [-0.05, 0) is 31.0 Å². The lowest BCUT2D eigenvalue weighted by molar-refractivity contribution is 1.05. The molecular weight excluding hydrogens is 278 g/mol. The lowest BCUT2D eigenvalue weighted by Gasteiger charge is -2.07. The largest absolute Gasteiger partial charge is 0.368 e. The van der Waals surface area contributed by atoms with E-state index in [1.54, 1.807) is 0 Å². The molecule has 2 N–H and O–H groups in total. The molecule has 0 amide bonds. The fourth-order valence-electron chi connectivity index (χ4n) is 2.33. The van der Waals surface area contributed by atoms with E-state index in [4.69, 9.17) is 5.73 Å². The van der Waals surface area contributed by atoms with Crippen molar-refractivity contribution in [1.29, 1.82) is 0 Å². The van der Waals surface area contributed by atoms with E-state index in [1.165, 1.54) is 10.5 Å². The van der Waals surface area contributed by atoms with Crippen molar-refractivity contribution < 1.29 is 0 Å². The Balaban J connectivity index is 1.78. The first-order valence-electron chi connectivity index (χ1n) is 6.93. The zero-order valence-electron chi connectivity index (χ0n) is 11.9. The number of aromatic nitrogens is 2. The molecule has 0 saturated heterocycles. The van der Waals surface area contributed by atoms with Gasteiger partial charge in [-0.1, -0.05) is 36.4 Å². The average molecular weight is 295 g/mol. The maximum Gasteiger partial charge on any atom is 0.220 e. The predicted molar refractivity (Wildman–Crippen MR) is 89.6 cm³/mol. The SMILES string of the molecule is Cc1ccccc1SCCc1nc(N)nc2ccccc12. The number of hydrogen-bond donors (Lipinski definition) is 1. The van der Waals surface area contributed by atoms with Crippen LogP contribution in [0.25, 0.3) is 10.9 Å². The predicted octanol–water partition coefficient (Wildman–Crippen LogP) is 3.86. The minimum absolute atomic E-state index is 0.351. The van der Waals surface area contributed by atoms with E-state index in [1.807, 2.05) is 30.0 Å². The summed E-state index contributed by atoms with van der Waals surface area (Å²) in [6.07, 6.45) is 0.881. The lowest BCUT2D eigenvalue weighted by Crippen LogP contribution is -2.02. The molecule has 2 aromatic carbocycles. The van der Waals surface area contributed by atoms with E-state index in [9.17, 15) is 0 Å². The van der Waals surface area contributed by atoms with Crippen molar-refractivity contribution in [1.82, 2.24) is 9.97 Å². The Labute approximate surface area is 128 Å². The van der Waals surface area contributed by atoms with Gasteiger partial charge in [-0.3, -0.25) is 0 Å². The van der Waals surface area contributed by atoms with E-state index in [-0.39, 0.29) is 0 Å². The Bertz CT molecular complexity index is 771. The molecular formula is C17H17N3S. The molecule has 0 bridgehead atoms. The zero-order chi connectivity index (χ0) is 14.7. The summed E-state index contributed by atoms with van der Waals surface area (Å²) >= 11 is 1.86. The molecule has 0 aliphatic heterocycles. The fourth-order valence-corrected chi connectivity index (χ4v) is 3.31. The molecule has 1 aromatic heterocycles. The first-order chi connectivity index (χ1) is 10.2. The molecule has 0 fully saturated rings. The molecule has 0 radical (unpaired) electrons. The zero-order valence-corrected chi connectivity index (χ0v) is 12.7. The maximum atomic E-state index is 5.80. The summed E-state index contributed by atoms with van der Waals surface area (Å²) < 4.78 is 0. The second kappa shape index (κ2) is 6.14. The summed E-state index contributed by atoms with van der Waals surface area (Å²) in [7, 11) is 0. The molecule has 0 spiro atoms. The van der Waals surface area contributed by atoms with Gasteiger partial charge in [0, 0.05) is 16.0 Å². The highest BCUT2D eigenvalue weighted by molar-refractivity contribution is 7.99. The fraction of sp³-hybridized carbons (Fsp3) is 0.176. The number of hydrogen-bond acceptors (Lipinski definition) is 4. The summed E-state index contributed by atoms with van der Waals surface area (Å²) in [6, 6.07) is 16.5. The van der Waals surface area contributed by atoms with Crippen LogP contribution in [0.4, 0.5) is 5.95 Å². The van der Waals surface area contributed by atoms with Gasteiger partial charge >= 0.3 is 0 Å². The molecule has 0 unspecified atom stereocenters. The van der Waals surface area contributed by atoms with Crippen molar-refractivity contribution in [2.75, 3.05) is 11.5 Å². The first-order valence-corrected chi connectivity index (χ1v) is 7.92. The normalized spacial score (nSPS) is 10.9. The highest BCUT2D eigenvalue weighted by atomic mass is 32.2. The Morgan fingerprint density at radius 3 is 2.62 bits per heavy atom. The van der Waals surface area contributed by atoms with Crippen LogP contribution in [0.15, 0.2) is 53.4 Å². The van der Waals surface area contributed by atoms with Crippen LogP contribution in [-0.2, 0) is 6.42 Å². The second-order valence-electron chi connectivity index (χ2n) is 4.91. The number of benzene rings is 2. The van der Waals surface area contributed by atoms with Gasteiger partial charge in [-0.15, -0.1) is 11.8 Å². The quantitative estimate of drug-likeness (QED) is 0.743. The standard InChI is InChI=1S/C17H17N3S/c1-12-6-2-5-9-16(12)21-11-10-15-13-7-3-4-8-14(13)19-17(18)20-15/h2-9H,10-11H2,1H3,(H2,18,19,20). The Hall–Kier alpha value is -2.07. The molecule has 4 heteroatoms. The number of anilines is 1. The summed E-state index contributed by atoms with van der Waals surface area (Å²) in [5.74, 6) is 1.33. The molecule has 1 heterocycles. The van der Waals surface area contributed by atoms with Gasteiger partial charge in [0.2, 0.25) is 5.95 Å². The van der Waals surface area contributed by atoms with E-state index < -0.39 is 0 Å². The number of nitrogens with zero attached hydrogens (tertiary/aromatic N) is 2. The summed E-state index contributed by atoms with van der Waals surface area (Å²) in [5, 5.41) is 1.09. The van der Waals surface area contributed by atoms with Gasteiger partial charge in [0.1, 0.15) is 0 Å². The number of nitrogens with two attached hydrogens (primary N) is 1. The molecule has 0 atom stereocenters. The summed E-state index contributed by atoms with van der Waals surface area (Å²) in [4.78, 5) is 10.0. The van der Waals surface area contributed by atoms with Crippen molar-refractivity contribution in [2.24, 2.45) is 0 Å². The highest BCUT2D eigenvalue weighted by Crippen LogP contribution is 2.24. The molecule has 3 nitrogen and oxygen atoms in total. The Morgan fingerprint density at radius 2 is 1.76 bits per heavy atom. The lowest BCUT2D eigenvalue weighted by atomic mass is 10.1. The minimum atomic E-state index is 0.351.